The van der Waals surface area contributed by atoms with Gasteiger partial charge in [0.15, 0.2) is 0 Å². The molecule has 0 spiro atoms. The minimum absolute atomic E-state index is 0.0396. The van der Waals surface area contributed by atoms with Crippen LogP contribution in [0.25, 0.3) is 9.88 Å². The van der Waals surface area contributed by atoms with Crippen molar-refractivity contribution in [3.63, 3.8) is 0 Å². The molecule has 4 rings (SSSR count). The van der Waals surface area contributed by atoms with E-state index in [1.807, 2.05) is 29.8 Å². The molecule has 0 fully saturated rings. The van der Waals surface area contributed by atoms with Crippen molar-refractivity contribution in [2.45, 2.75) is 33.4 Å². The SMILES string of the molecule is CCS(=O)(=O)NCc1c(C)ncc2c1CCN(C(=O)c1csc(-c3cccs3)n1)C2. The van der Waals surface area contributed by atoms with Crippen molar-refractivity contribution >= 4 is 38.6 Å². The Balaban J connectivity index is 1.52. The van der Waals surface area contributed by atoms with E-state index in [9.17, 15) is 13.2 Å². The quantitative estimate of drug-likeness (QED) is 0.607. The van der Waals surface area contributed by atoms with Gasteiger partial charge in [-0.3, -0.25) is 9.78 Å². The number of hydrogen-bond donors (Lipinski definition) is 1. The number of aromatic nitrogens is 2. The van der Waals surface area contributed by atoms with Gasteiger partial charge < -0.3 is 4.90 Å². The molecule has 1 aliphatic rings. The summed E-state index contributed by atoms with van der Waals surface area (Å²) in [6.45, 7) is 4.73. The number of thiazole rings is 1. The number of fused-ring (bicyclic) bond motifs is 1. The highest BCUT2D eigenvalue weighted by Gasteiger charge is 2.26. The van der Waals surface area contributed by atoms with Crippen molar-refractivity contribution in [3.8, 4) is 9.88 Å². The molecule has 1 aliphatic heterocycles. The molecule has 0 aromatic carbocycles. The maximum Gasteiger partial charge on any atom is 0.273 e. The Morgan fingerprint density at radius 3 is 2.90 bits per heavy atom. The summed E-state index contributed by atoms with van der Waals surface area (Å²) in [4.78, 5) is 24.8. The van der Waals surface area contributed by atoms with Crippen LogP contribution in [0.3, 0.4) is 0 Å². The van der Waals surface area contributed by atoms with Gasteiger partial charge >= 0.3 is 0 Å². The molecule has 3 aromatic rings. The molecule has 0 unspecified atom stereocenters. The minimum Gasteiger partial charge on any atom is -0.333 e. The van der Waals surface area contributed by atoms with Crippen molar-refractivity contribution in [2.75, 3.05) is 12.3 Å². The summed E-state index contributed by atoms with van der Waals surface area (Å²) < 4.78 is 26.3. The molecule has 3 aromatic heterocycles. The number of amides is 1. The van der Waals surface area contributed by atoms with Crippen LogP contribution in [-0.2, 0) is 29.5 Å². The molecule has 0 aliphatic carbocycles. The number of thiophene rings is 1. The molecular weight excluding hydrogens is 440 g/mol. The van der Waals surface area contributed by atoms with Crippen LogP contribution >= 0.6 is 22.7 Å². The molecule has 1 amide bonds. The first-order chi connectivity index (χ1) is 14.4. The molecule has 0 saturated heterocycles. The average molecular weight is 463 g/mol. The van der Waals surface area contributed by atoms with E-state index in [-0.39, 0.29) is 18.2 Å². The lowest BCUT2D eigenvalue weighted by Crippen LogP contribution is -2.37. The van der Waals surface area contributed by atoms with E-state index in [0.29, 0.717) is 25.2 Å². The van der Waals surface area contributed by atoms with Gasteiger partial charge in [0.05, 0.1) is 10.6 Å². The lowest BCUT2D eigenvalue weighted by molar-refractivity contribution is 0.0729. The number of nitrogens with one attached hydrogen (secondary N) is 1. The molecular formula is C20H22N4O3S3. The molecule has 0 radical (unpaired) electrons. The van der Waals surface area contributed by atoms with Gasteiger partial charge in [-0.25, -0.2) is 18.1 Å². The van der Waals surface area contributed by atoms with Crippen LogP contribution in [0, 0.1) is 6.92 Å². The normalized spacial score (nSPS) is 14.0. The molecule has 0 bridgehead atoms. The number of hydrogen-bond acceptors (Lipinski definition) is 7. The highest BCUT2D eigenvalue weighted by Crippen LogP contribution is 2.29. The number of nitrogens with zero attached hydrogens (tertiary/aromatic N) is 3. The van der Waals surface area contributed by atoms with E-state index in [2.05, 4.69) is 14.7 Å². The van der Waals surface area contributed by atoms with Crippen LogP contribution in [0.2, 0.25) is 0 Å². The second-order valence-corrected chi connectivity index (χ2v) is 10.9. The fourth-order valence-corrected chi connectivity index (χ4v) is 5.64. The molecule has 158 valence electrons. The molecule has 7 nitrogen and oxygen atoms in total. The predicted molar refractivity (Wildman–Crippen MR) is 119 cm³/mol. The minimum atomic E-state index is -3.29. The smallest absolute Gasteiger partial charge is 0.273 e. The van der Waals surface area contributed by atoms with E-state index in [4.69, 9.17) is 0 Å². The second-order valence-electron chi connectivity index (χ2n) is 7.04. The summed E-state index contributed by atoms with van der Waals surface area (Å²) in [5, 5.41) is 4.66. The first-order valence-electron chi connectivity index (χ1n) is 9.60. The summed E-state index contributed by atoms with van der Waals surface area (Å²) in [6, 6.07) is 3.97. The lowest BCUT2D eigenvalue weighted by atomic mass is 9.95. The highest BCUT2D eigenvalue weighted by molar-refractivity contribution is 7.89. The van der Waals surface area contributed by atoms with Crippen LogP contribution in [0.5, 0.6) is 0 Å². The van der Waals surface area contributed by atoms with E-state index < -0.39 is 10.0 Å². The maximum atomic E-state index is 13.0. The van der Waals surface area contributed by atoms with Crippen molar-refractivity contribution in [1.29, 1.82) is 0 Å². The van der Waals surface area contributed by atoms with Gasteiger partial charge in [0, 0.05) is 36.9 Å². The topological polar surface area (TPSA) is 92.3 Å². The van der Waals surface area contributed by atoms with Gasteiger partial charge in [-0.15, -0.1) is 22.7 Å². The fraction of sp³-hybridized carbons (Fsp3) is 0.350. The van der Waals surface area contributed by atoms with Crippen molar-refractivity contribution < 1.29 is 13.2 Å². The Labute approximate surface area is 183 Å². The van der Waals surface area contributed by atoms with Crippen molar-refractivity contribution in [1.82, 2.24) is 19.6 Å². The number of pyridine rings is 1. The Morgan fingerprint density at radius 1 is 1.33 bits per heavy atom. The van der Waals surface area contributed by atoms with E-state index in [0.717, 1.165) is 32.3 Å². The summed E-state index contributed by atoms with van der Waals surface area (Å²) in [5.74, 6) is -0.0498. The van der Waals surface area contributed by atoms with Gasteiger partial charge in [-0.1, -0.05) is 6.07 Å². The molecule has 10 heteroatoms. The van der Waals surface area contributed by atoms with Crippen LogP contribution in [0.15, 0.2) is 29.1 Å². The third-order valence-corrected chi connectivity index (χ3v) is 8.41. The zero-order chi connectivity index (χ0) is 21.3. The van der Waals surface area contributed by atoms with E-state index in [1.54, 1.807) is 29.4 Å². The number of carbonyl (C=O) groups excluding carboxylic acids is 1. The zero-order valence-corrected chi connectivity index (χ0v) is 19.2. The van der Waals surface area contributed by atoms with E-state index >= 15 is 0 Å². The Morgan fingerprint density at radius 2 is 2.17 bits per heavy atom. The maximum absolute atomic E-state index is 13.0. The molecule has 4 heterocycles. The van der Waals surface area contributed by atoms with Gasteiger partial charge in [-0.2, -0.15) is 0 Å². The monoisotopic (exact) mass is 462 g/mol. The Bertz CT molecular complexity index is 1170. The van der Waals surface area contributed by atoms with Gasteiger partial charge in [0.2, 0.25) is 10.0 Å². The lowest BCUT2D eigenvalue weighted by Gasteiger charge is -2.30. The molecule has 0 atom stereocenters. The number of rotatable bonds is 6. The third kappa shape index (κ3) is 4.31. The van der Waals surface area contributed by atoms with Crippen LogP contribution in [-0.4, -0.2) is 41.5 Å². The summed E-state index contributed by atoms with van der Waals surface area (Å²) >= 11 is 3.08. The average Bonchev–Trinajstić information content (AvgIpc) is 3.44. The summed E-state index contributed by atoms with van der Waals surface area (Å²) in [7, 11) is -3.29. The largest absolute Gasteiger partial charge is 0.333 e. The van der Waals surface area contributed by atoms with Crippen LogP contribution < -0.4 is 4.72 Å². The predicted octanol–water partition coefficient (Wildman–Crippen LogP) is 3.21. The number of aryl methyl sites for hydroxylation is 1. The van der Waals surface area contributed by atoms with Gasteiger partial charge in [0.25, 0.3) is 5.91 Å². The fourth-order valence-electron chi connectivity index (χ4n) is 3.46. The van der Waals surface area contributed by atoms with Gasteiger partial charge in [0.1, 0.15) is 10.7 Å². The van der Waals surface area contributed by atoms with E-state index in [1.165, 1.54) is 11.3 Å². The molecule has 1 N–H and O–H groups in total. The van der Waals surface area contributed by atoms with Gasteiger partial charge in [-0.05, 0) is 48.4 Å². The summed E-state index contributed by atoms with van der Waals surface area (Å²) in [5.41, 5.74) is 4.23. The molecule has 0 saturated carbocycles. The first-order valence-corrected chi connectivity index (χ1v) is 13.0. The Hall–Kier alpha value is -2.14. The second kappa shape index (κ2) is 8.54. The third-order valence-electron chi connectivity index (χ3n) is 5.19. The van der Waals surface area contributed by atoms with Crippen LogP contribution in [0.4, 0.5) is 0 Å². The number of sulfonamides is 1. The van der Waals surface area contributed by atoms with Crippen LogP contribution in [0.1, 0.15) is 39.8 Å². The van der Waals surface area contributed by atoms with Crippen molar-refractivity contribution in [2.24, 2.45) is 0 Å². The highest BCUT2D eigenvalue weighted by atomic mass is 32.2. The summed E-state index contributed by atoms with van der Waals surface area (Å²) in [6.07, 6.45) is 2.45. The first kappa shape index (κ1) is 21.1. The standard InChI is InChI=1S/C20H22N4O3S3/c1-3-30(26,27)22-10-16-13(2)21-9-14-11-24(7-6-15(14)16)20(25)17-12-29-19(23-17)18-5-4-8-28-18/h4-5,8-9,12,22H,3,6-7,10-11H2,1-2H3. The van der Waals surface area contributed by atoms with Crippen molar-refractivity contribution in [3.05, 3.63) is 57.2 Å². The Kier molecular flexibility index (Phi) is 6.01. The molecule has 30 heavy (non-hydrogen) atoms. The zero-order valence-electron chi connectivity index (χ0n) is 16.7. The number of carbonyl (C=O) groups is 1.